The molecule has 1 fully saturated rings. The van der Waals surface area contributed by atoms with Crippen molar-refractivity contribution >= 4 is 11.6 Å². The van der Waals surface area contributed by atoms with Crippen LogP contribution in [-0.2, 0) is 11.2 Å². The van der Waals surface area contributed by atoms with Crippen LogP contribution in [0.5, 0.6) is 0 Å². The molecule has 2 heterocycles. The highest BCUT2D eigenvalue weighted by atomic mass is 16.4. The van der Waals surface area contributed by atoms with Crippen LogP contribution < -0.4 is 4.90 Å². The Bertz CT molecular complexity index is 1020. The average molecular weight is 405 g/mol. The zero-order valence-electron chi connectivity index (χ0n) is 17.9. The van der Waals surface area contributed by atoms with E-state index in [-0.39, 0.29) is 5.91 Å². The highest BCUT2D eigenvalue weighted by Crippen LogP contribution is 2.24. The number of nitrogens with zero attached hydrogens (tertiary/aromatic N) is 4. The minimum absolute atomic E-state index is 0.144. The van der Waals surface area contributed by atoms with Crippen LogP contribution in [0.15, 0.2) is 46.9 Å². The number of carbonyl (C=O) groups excluding carboxylic acids is 1. The van der Waals surface area contributed by atoms with Crippen LogP contribution in [0.2, 0.25) is 0 Å². The van der Waals surface area contributed by atoms with Gasteiger partial charge in [0.05, 0.1) is 0 Å². The van der Waals surface area contributed by atoms with E-state index < -0.39 is 0 Å². The van der Waals surface area contributed by atoms with Crippen LogP contribution in [0.4, 0.5) is 5.69 Å². The third-order valence-corrected chi connectivity index (χ3v) is 5.87. The number of amides is 1. The van der Waals surface area contributed by atoms with Gasteiger partial charge in [0.1, 0.15) is 0 Å². The Balaban J connectivity index is 1.29. The van der Waals surface area contributed by atoms with Gasteiger partial charge >= 0.3 is 0 Å². The van der Waals surface area contributed by atoms with E-state index in [1.165, 1.54) is 22.4 Å². The number of hydrogen-bond donors (Lipinski definition) is 0. The summed E-state index contributed by atoms with van der Waals surface area (Å²) in [6, 6.07) is 14.4. The highest BCUT2D eigenvalue weighted by Gasteiger charge is 2.22. The van der Waals surface area contributed by atoms with Crippen molar-refractivity contribution in [3.63, 3.8) is 0 Å². The molecule has 1 aliphatic heterocycles. The quantitative estimate of drug-likeness (QED) is 0.644. The summed E-state index contributed by atoms with van der Waals surface area (Å²) in [5.41, 5.74) is 5.97. The van der Waals surface area contributed by atoms with Crippen molar-refractivity contribution < 1.29 is 9.21 Å². The molecule has 30 heavy (non-hydrogen) atoms. The number of rotatable bonds is 5. The zero-order valence-corrected chi connectivity index (χ0v) is 17.9. The second-order valence-electron chi connectivity index (χ2n) is 7.95. The molecule has 0 unspecified atom stereocenters. The van der Waals surface area contributed by atoms with Crippen molar-refractivity contribution in [2.45, 2.75) is 33.6 Å². The standard InChI is InChI=1S/C24H28N4O2/c1-17-7-9-20(10-8-17)24-26-25-22(30-24)11-12-23(29)28-15-13-27(14-16-28)21-6-4-5-18(2)19(21)3/h4-10H,11-16H2,1-3H3. The summed E-state index contributed by atoms with van der Waals surface area (Å²) < 4.78 is 5.75. The number of piperazine rings is 1. The number of hydrogen-bond acceptors (Lipinski definition) is 5. The maximum absolute atomic E-state index is 12.7. The third kappa shape index (κ3) is 4.37. The second kappa shape index (κ2) is 8.69. The average Bonchev–Trinajstić information content (AvgIpc) is 3.24. The molecule has 1 saturated heterocycles. The molecule has 6 nitrogen and oxygen atoms in total. The summed E-state index contributed by atoms with van der Waals surface area (Å²) in [7, 11) is 0. The Morgan fingerprint density at radius 2 is 1.70 bits per heavy atom. The lowest BCUT2D eigenvalue weighted by Crippen LogP contribution is -2.49. The van der Waals surface area contributed by atoms with E-state index in [0.717, 1.165) is 31.7 Å². The van der Waals surface area contributed by atoms with E-state index in [1.54, 1.807) is 0 Å². The monoisotopic (exact) mass is 404 g/mol. The van der Waals surface area contributed by atoms with Gasteiger partial charge in [-0.05, 0) is 50.1 Å². The number of aromatic nitrogens is 2. The molecule has 0 saturated carbocycles. The molecule has 156 valence electrons. The van der Waals surface area contributed by atoms with Gasteiger partial charge in [-0.3, -0.25) is 4.79 Å². The molecule has 1 amide bonds. The van der Waals surface area contributed by atoms with Gasteiger partial charge in [0.25, 0.3) is 0 Å². The zero-order chi connectivity index (χ0) is 21.1. The Kier molecular flexibility index (Phi) is 5.84. The fourth-order valence-electron chi connectivity index (χ4n) is 3.81. The van der Waals surface area contributed by atoms with Gasteiger partial charge in [-0.2, -0.15) is 0 Å². The molecule has 0 spiro atoms. The summed E-state index contributed by atoms with van der Waals surface area (Å²) >= 11 is 0. The summed E-state index contributed by atoms with van der Waals surface area (Å²) in [4.78, 5) is 17.0. The Morgan fingerprint density at radius 3 is 2.43 bits per heavy atom. The first-order valence-corrected chi connectivity index (χ1v) is 10.5. The number of aryl methyl sites for hydroxylation is 3. The van der Waals surface area contributed by atoms with E-state index in [4.69, 9.17) is 4.42 Å². The molecule has 0 aliphatic carbocycles. The molecule has 4 rings (SSSR count). The fraction of sp³-hybridized carbons (Fsp3) is 0.375. The van der Waals surface area contributed by atoms with Gasteiger partial charge in [-0.15, -0.1) is 10.2 Å². The van der Waals surface area contributed by atoms with E-state index in [2.05, 4.69) is 47.1 Å². The van der Waals surface area contributed by atoms with Gasteiger partial charge in [0.15, 0.2) is 0 Å². The predicted octanol–water partition coefficient (Wildman–Crippen LogP) is 3.94. The fourth-order valence-corrected chi connectivity index (χ4v) is 3.81. The first kappa shape index (κ1) is 20.1. The molecule has 0 N–H and O–H groups in total. The van der Waals surface area contributed by atoms with Crippen LogP contribution in [0.3, 0.4) is 0 Å². The van der Waals surface area contributed by atoms with Crippen molar-refractivity contribution in [2.75, 3.05) is 31.1 Å². The summed E-state index contributed by atoms with van der Waals surface area (Å²) in [5, 5.41) is 8.22. The Morgan fingerprint density at radius 1 is 0.967 bits per heavy atom. The summed E-state index contributed by atoms with van der Waals surface area (Å²) in [6.07, 6.45) is 0.855. The van der Waals surface area contributed by atoms with Crippen molar-refractivity contribution in [3.8, 4) is 11.5 Å². The minimum Gasteiger partial charge on any atom is -0.421 e. The smallest absolute Gasteiger partial charge is 0.247 e. The van der Waals surface area contributed by atoms with Gasteiger partial charge in [0, 0.05) is 50.3 Å². The number of carbonyl (C=O) groups is 1. The lowest BCUT2D eigenvalue weighted by atomic mass is 10.1. The van der Waals surface area contributed by atoms with E-state index >= 15 is 0 Å². The van der Waals surface area contributed by atoms with E-state index in [9.17, 15) is 4.79 Å². The molecular weight excluding hydrogens is 376 g/mol. The third-order valence-electron chi connectivity index (χ3n) is 5.87. The number of anilines is 1. The van der Waals surface area contributed by atoms with Crippen LogP contribution in [-0.4, -0.2) is 47.2 Å². The van der Waals surface area contributed by atoms with Crippen LogP contribution in [0, 0.1) is 20.8 Å². The molecule has 0 bridgehead atoms. The lowest BCUT2D eigenvalue weighted by Gasteiger charge is -2.37. The highest BCUT2D eigenvalue weighted by molar-refractivity contribution is 5.76. The number of benzene rings is 2. The maximum Gasteiger partial charge on any atom is 0.247 e. The molecule has 0 atom stereocenters. The Hall–Kier alpha value is -3.15. The molecule has 0 radical (unpaired) electrons. The van der Waals surface area contributed by atoms with Crippen molar-refractivity contribution in [1.82, 2.24) is 15.1 Å². The summed E-state index contributed by atoms with van der Waals surface area (Å²) in [6.45, 7) is 9.53. The normalized spacial score (nSPS) is 14.2. The van der Waals surface area contributed by atoms with E-state index in [0.29, 0.717) is 24.6 Å². The molecule has 1 aliphatic rings. The molecule has 1 aromatic heterocycles. The van der Waals surface area contributed by atoms with Gasteiger partial charge in [0.2, 0.25) is 17.7 Å². The van der Waals surface area contributed by atoms with Crippen LogP contribution in [0.1, 0.15) is 29.0 Å². The largest absolute Gasteiger partial charge is 0.421 e. The molecule has 3 aromatic rings. The topological polar surface area (TPSA) is 62.5 Å². The minimum atomic E-state index is 0.144. The van der Waals surface area contributed by atoms with Crippen molar-refractivity contribution in [1.29, 1.82) is 0 Å². The van der Waals surface area contributed by atoms with Crippen molar-refractivity contribution in [2.24, 2.45) is 0 Å². The molecular formula is C24H28N4O2. The van der Waals surface area contributed by atoms with Gasteiger partial charge < -0.3 is 14.2 Å². The lowest BCUT2D eigenvalue weighted by molar-refractivity contribution is -0.131. The van der Waals surface area contributed by atoms with Crippen molar-refractivity contribution in [3.05, 3.63) is 65.0 Å². The first-order chi connectivity index (χ1) is 14.5. The first-order valence-electron chi connectivity index (χ1n) is 10.5. The molecule has 6 heteroatoms. The van der Waals surface area contributed by atoms with Gasteiger partial charge in [-0.1, -0.05) is 29.8 Å². The predicted molar refractivity (Wildman–Crippen MR) is 118 cm³/mol. The van der Waals surface area contributed by atoms with Crippen LogP contribution in [0.25, 0.3) is 11.5 Å². The second-order valence-corrected chi connectivity index (χ2v) is 7.95. The van der Waals surface area contributed by atoms with E-state index in [1.807, 2.05) is 36.1 Å². The maximum atomic E-state index is 12.7. The Labute approximate surface area is 177 Å². The molecule has 2 aromatic carbocycles. The SMILES string of the molecule is Cc1ccc(-c2nnc(CCC(=O)N3CCN(c4cccc(C)c4C)CC3)o2)cc1. The summed E-state index contributed by atoms with van der Waals surface area (Å²) in [5.74, 6) is 1.15. The van der Waals surface area contributed by atoms with Gasteiger partial charge in [-0.25, -0.2) is 0 Å². The van der Waals surface area contributed by atoms with Crippen LogP contribution >= 0.6 is 0 Å².